The molecule has 0 saturated heterocycles. The van der Waals surface area contributed by atoms with Gasteiger partial charge in [-0.2, -0.15) is 0 Å². The van der Waals surface area contributed by atoms with Gasteiger partial charge in [0.05, 0.1) is 10.7 Å². The quantitative estimate of drug-likeness (QED) is 0.725. The van der Waals surface area contributed by atoms with E-state index in [1.807, 2.05) is 13.8 Å². The monoisotopic (exact) mass is 311 g/mol. The Morgan fingerprint density at radius 1 is 1.24 bits per heavy atom. The average Bonchev–Trinajstić information content (AvgIpc) is 2.47. The van der Waals surface area contributed by atoms with Gasteiger partial charge in [0.2, 0.25) is 11.8 Å². The predicted octanol–water partition coefficient (Wildman–Crippen LogP) is 2.87. The van der Waals surface area contributed by atoms with E-state index in [1.54, 1.807) is 25.1 Å². The maximum absolute atomic E-state index is 12.1. The van der Waals surface area contributed by atoms with Crippen LogP contribution in [-0.4, -0.2) is 24.9 Å². The molecule has 0 aliphatic carbocycles. The summed E-state index contributed by atoms with van der Waals surface area (Å²) in [4.78, 5) is 23.4. The van der Waals surface area contributed by atoms with E-state index >= 15 is 0 Å². The fourth-order valence-corrected chi connectivity index (χ4v) is 1.82. The number of amides is 2. The molecular weight excluding hydrogens is 290 g/mol. The van der Waals surface area contributed by atoms with Crippen molar-refractivity contribution in [1.82, 2.24) is 5.32 Å². The largest absolute Gasteiger partial charge is 0.326 e. The van der Waals surface area contributed by atoms with Gasteiger partial charge < -0.3 is 16.0 Å². The summed E-state index contributed by atoms with van der Waals surface area (Å²) in [6.07, 6.45) is 0.393. The van der Waals surface area contributed by atoms with E-state index in [0.29, 0.717) is 29.4 Å². The van der Waals surface area contributed by atoms with Crippen LogP contribution in [0.5, 0.6) is 0 Å². The van der Waals surface area contributed by atoms with Crippen molar-refractivity contribution in [2.45, 2.75) is 27.2 Å². The van der Waals surface area contributed by atoms with Crippen LogP contribution in [0.2, 0.25) is 5.02 Å². The van der Waals surface area contributed by atoms with Crippen LogP contribution in [0.15, 0.2) is 18.2 Å². The van der Waals surface area contributed by atoms with Crippen LogP contribution in [0.1, 0.15) is 27.2 Å². The van der Waals surface area contributed by atoms with Crippen molar-refractivity contribution in [1.29, 1.82) is 0 Å². The maximum Gasteiger partial charge on any atom is 0.228 e. The third kappa shape index (κ3) is 5.73. The van der Waals surface area contributed by atoms with Crippen LogP contribution in [0.3, 0.4) is 0 Å². The zero-order valence-electron chi connectivity index (χ0n) is 12.6. The minimum absolute atomic E-state index is 0.0879. The molecule has 0 saturated carbocycles. The second-order valence-electron chi connectivity index (χ2n) is 4.79. The van der Waals surface area contributed by atoms with E-state index in [2.05, 4.69) is 16.0 Å². The second-order valence-corrected chi connectivity index (χ2v) is 5.20. The van der Waals surface area contributed by atoms with E-state index in [1.165, 1.54) is 0 Å². The van der Waals surface area contributed by atoms with Gasteiger partial charge in [0.15, 0.2) is 0 Å². The summed E-state index contributed by atoms with van der Waals surface area (Å²) in [5.41, 5.74) is 1.11. The van der Waals surface area contributed by atoms with Gasteiger partial charge in [-0.3, -0.25) is 9.59 Å². The summed E-state index contributed by atoms with van der Waals surface area (Å²) >= 11 is 6.08. The van der Waals surface area contributed by atoms with Crippen LogP contribution >= 0.6 is 11.6 Å². The van der Waals surface area contributed by atoms with E-state index in [-0.39, 0.29) is 17.7 Å². The summed E-state index contributed by atoms with van der Waals surface area (Å²) in [5.74, 6) is -0.373. The summed E-state index contributed by atoms with van der Waals surface area (Å²) in [5, 5.41) is 9.09. The average molecular weight is 312 g/mol. The lowest BCUT2D eigenvalue weighted by molar-refractivity contribution is -0.119. The topological polar surface area (TPSA) is 70.2 Å². The molecule has 0 radical (unpaired) electrons. The third-order valence-electron chi connectivity index (χ3n) is 2.98. The summed E-state index contributed by atoms with van der Waals surface area (Å²) in [6.45, 7) is 7.02. The van der Waals surface area contributed by atoms with Gasteiger partial charge in [0, 0.05) is 24.6 Å². The van der Waals surface area contributed by atoms with Crippen LogP contribution in [0.4, 0.5) is 11.4 Å². The number of halogens is 1. The van der Waals surface area contributed by atoms with Gasteiger partial charge in [0.25, 0.3) is 0 Å². The van der Waals surface area contributed by atoms with E-state index in [9.17, 15) is 9.59 Å². The number of rotatable bonds is 7. The number of carbonyl (C=O) groups is 2. The van der Waals surface area contributed by atoms with E-state index < -0.39 is 0 Å². The van der Waals surface area contributed by atoms with Gasteiger partial charge in [-0.05, 0) is 24.7 Å². The van der Waals surface area contributed by atoms with Gasteiger partial charge in [-0.1, -0.05) is 32.4 Å². The zero-order valence-corrected chi connectivity index (χ0v) is 13.4. The van der Waals surface area contributed by atoms with Crippen LogP contribution in [-0.2, 0) is 9.59 Å². The molecule has 0 fully saturated rings. The minimum Gasteiger partial charge on any atom is -0.326 e. The van der Waals surface area contributed by atoms with E-state index in [4.69, 9.17) is 11.6 Å². The van der Waals surface area contributed by atoms with Gasteiger partial charge >= 0.3 is 0 Å². The Labute approximate surface area is 130 Å². The standard InChI is InChI=1S/C15H22ClN3O2/c1-4-14(20)18-11-6-7-12(16)13(8-11)19-15(21)10(3)9-17-5-2/h6-8,10,17H,4-5,9H2,1-3H3,(H,18,20)(H,19,21). The highest BCUT2D eigenvalue weighted by Gasteiger charge is 2.14. The van der Waals surface area contributed by atoms with Crippen molar-refractivity contribution >= 4 is 34.8 Å². The zero-order chi connectivity index (χ0) is 15.8. The second kappa shape index (κ2) is 8.64. The first-order chi connectivity index (χ1) is 9.97. The molecule has 1 aromatic carbocycles. The SMILES string of the molecule is CCNCC(C)C(=O)Nc1cc(NC(=O)CC)ccc1Cl. The molecule has 6 heteroatoms. The van der Waals surface area contributed by atoms with Crippen molar-refractivity contribution in [3.8, 4) is 0 Å². The molecule has 0 aliphatic heterocycles. The molecule has 1 aromatic rings. The molecule has 5 nitrogen and oxygen atoms in total. The van der Waals surface area contributed by atoms with E-state index in [0.717, 1.165) is 6.54 Å². The number of carbonyl (C=O) groups excluding carboxylic acids is 2. The molecule has 3 N–H and O–H groups in total. The van der Waals surface area contributed by atoms with Crippen LogP contribution in [0.25, 0.3) is 0 Å². The first-order valence-electron chi connectivity index (χ1n) is 7.08. The van der Waals surface area contributed by atoms with Crippen molar-refractivity contribution in [3.05, 3.63) is 23.2 Å². The normalized spacial score (nSPS) is 11.8. The molecule has 0 heterocycles. The third-order valence-corrected chi connectivity index (χ3v) is 3.31. The fourth-order valence-electron chi connectivity index (χ4n) is 1.66. The van der Waals surface area contributed by atoms with Crippen LogP contribution < -0.4 is 16.0 Å². The summed E-state index contributed by atoms with van der Waals surface area (Å²) in [6, 6.07) is 5.01. The van der Waals surface area contributed by atoms with Gasteiger partial charge in [-0.15, -0.1) is 0 Å². The Hall–Kier alpha value is -1.59. The number of benzene rings is 1. The molecule has 1 rings (SSSR count). The molecule has 1 unspecified atom stereocenters. The highest BCUT2D eigenvalue weighted by molar-refractivity contribution is 6.33. The lowest BCUT2D eigenvalue weighted by Crippen LogP contribution is -2.30. The Morgan fingerprint density at radius 2 is 1.95 bits per heavy atom. The lowest BCUT2D eigenvalue weighted by atomic mass is 10.1. The molecule has 0 aromatic heterocycles. The number of hydrogen-bond acceptors (Lipinski definition) is 3. The fraction of sp³-hybridized carbons (Fsp3) is 0.467. The molecule has 0 bridgehead atoms. The number of nitrogens with one attached hydrogen (secondary N) is 3. The minimum atomic E-state index is -0.171. The number of hydrogen-bond donors (Lipinski definition) is 3. The van der Waals surface area contributed by atoms with Crippen molar-refractivity contribution in [3.63, 3.8) is 0 Å². The van der Waals surface area contributed by atoms with Crippen molar-refractivity contribution in [2.24, 2.45) is 5.92 Å². The molecule has 0 aliphatic rings. The Balaban J connectivity index is 2.75. The van der Waals surface area contributed by atoms with Crippen molar-refractivity contribution < 1.29 is 9.59 Å². The van der Waals surface area contributed by atoms with Crippen LogP contribution in [0, 0.1) is 5.92 Å². The summed E-state index contributed by atoms with van der Waals surface area (Å²) < 4.78 is 0. The number of anilines is 2. The molecular formula is C15H22ClN3O2. The Bertz CT molecular complexity index is 506. The predicted molar refractivity (Wildman–Crippen MR) is 86.7 cm³/mol. The highest BCUT2D eigenvalue weighted by atomic mass is 35.5. The smallest absolute Gasteiger partial charge is 0.228 e. The lowest BCUT2D eigenvalue weighted by Gasteiger charge is -2.14. The van der Waals surface area contributed by atoms with Gasteiger partial charge in [-0.25, -0.2) is 0 Å². The molecule has 0 spiro atoms. The van der Waals surface area contributed by atoms with Gasteiger partial charge in [0.1, 0.15) is 0 Å². The molecule has 2 amide bonds. The molecule has 21 heavy (non-hydrogen) atoms. The first kappa shape index (κ1) is 17.5. The maximum atomic E-state index is 12.1. The van der Waals surface area contributed by atoms with Crippen molar-refractivity contribution in [2.75, 3.05) is 23.7 Å². The highest BCUT2D eigenvalue weighted by Crippen LogP contribution is 2.26. The molecule has 116 valence electrons. The Kier molecular flexibility index (Phi) is 7.19. The Morgan fingerprint density at radius 3 is 2.57 bits per heavy atom. The summed E-state index contributed by atoms with van der Waals surface area (Å²) in [7, 11) is 0. The first-order valence-corrected chi connectivity index (χ1v) is 7.46. The molecule has 1 atom stereocenters.